The number of carbonyl (C=O) groups excluding carboxylic acids is 2. The lowest BCUT2D eigenvalue weighted by Gasteiger charge is -2.25. The molecule has 27 heavy (non-hydrogen) atoms. The van der Waals surface area contributed by atoms with E-state index in [1.165, 1.54) is 11.3 Å². The van der Waals surface area contributed by atoms with Crippen molar-refractivity contribution in [3.05, 3.63) is 33.5 Å². The van der Waals surface area contributed by atoms with E-state index in [0.717, 1.165) is 42.2 Å². The van der Waals surface area contributed by atoms with Gasteiger partial charge in [-0.05, 0) is 45.4 Å². The van der Waals surface area contributed by atoms with Crippen LogP contribution in [0.5, 0.6) is 0 Å². The summed E-state index contributed by atoms with van der Waals surface area (Å²) in [7, 11) is 0. The predicted octanol–water partition coefficient (Wildman–Crippen LogP) is 3.08. The Kier molecular flexibility index (Phi) is 5.96. The molecule has 8 heteroatoms. The number of nitrogens with one attached hydrogen (secondary N) is 1. The van der Waals surface area contributed by atoms with E-state index in [2.05, 4.69) is 22.2 Å². The van der Waals surface area contributed by atoms with Gasteiger partial charge in [0.05, 0.1) is 17.9 Å². The minimum absolute atomic E-state index is 0.256. The number of thiophene rings is 1. The van der Waals surface area contributed by atoms with Crippen LogP contribution in [0.4, 0.5) is 5.00 Å². The third-order valence-corrected chi connectivity index (χ3v) is 5.86. The topological polar surface area (TPSA) is 76.5 Å². The number of hydrogen-bond donors (Lipinski definition) is 1. The number of rotatable bonds is 6. The van der Waals surface area contributed by atoms with Crippen molar-refractivity contribution in [2.24, 2.45) is 0 Å². The highest BCUT2D eigenvalue weighted by Gasteiger charge is 2.29. The number of anilines is 1. The van der Waals surface area contributed by atoms with Crippen LogP contribution in [0.15, 0.2) is 6.07 Å². The summed E-state index contributed by atoms with van der Waals surface area (Å²) in [6.07, 6.45) is 0.787. The molecule has 1 N–H and O–H groups in total. The molecule has 1 aliphatic heterocycles. The first-order chi connectivity index (χ1) is 13.0. The van der Waals surface area contributed by atoms with Crippen molar-refractivity contribution in [2.75, 3.05) is 25.0 Å². The molecule has 0 spiro atoms. The highest BCUT2D eigenvalue weighted by Crippen LogP contribution is 2.37. The Labute approximate surface area is 163 Å². The largest absolute Gasteiger partial charge is 0.462 e. The van der Waals surface area contributed by atoms with Crippen molar-refractivity contribution in [3.8, 4) is 0 Å². The van der Waals surface area contributed by atoms with Crippen LogP contribution >= 0.6 is 11.3 Å². The maximum atomic E-state index is 12.8. The van der Waals surface area contributed by atoms with Crippen molar-refractivity contribution < 1.29 is 14.3 Å². The summed E-state index contributed by atoms with van der Waals surface area (Å²) in [5.74, 6) is -0.621. The molecule has 2 aromatic rings. The number of fused-ring (bicyclic) bond motifs is 1. The van der Waals surface area contributed by atoms with E-state index >= 15 is 0 Å². The number of hydrogen-bond acceptors (Lipinski definition) is 6. The molecule has 0 fully saturated rings. The van der Waals surface area contributed by atoms with E-state index in [1.807, 2.05) is 13.8 Å². The zero-order chi connectivity index (χ0) is 19.6. The Balaban J connectivity index is 1.95. The molecule has 0 aromatic carbocycles. The quantitative estimate of drug-likeness (QED) is 0.767. The molecule has 0 bridgehead atoms. The molecule has 0 radical (unpaired) electrons. The third kappa shape index (κ3) is 3.91. The zero-order valence-electron chi connectivity index (χ0n) is 16.3. The number of likely N-dealkylation sites (N-methyl/N-ethyl adjacent to an activating group) is 1. The molecule has 3 heterocycles. The second-order valence-electron chi connectivity index (χ2n) is 6.49. The first-order valence-corrected chi connectivity index (χ1v) is 10.2. The van der Waals surface area contributed by atoms with Gasteiger partial charge in [-0.25, -0.2) is 4.79 Å². The van der Waals surface area contributed by atoms with Crippen molar-refractivity contribution in [1.82, 2.24) is 14.7 Å². The number of aromatic nitrogens is 2. The van der Waals surface area contributed by atoms with Gasteiger partial charge in [0.1, 0.15) is 10.7 Å². The average molecular weight is 391 g/mol. The molecule has 2 aromatic heterocycles. The molecule has 1 aliphatic rings. The standard InChI is InChI=1S/C19H26N4O3S/c1-5-22-9-8-13-15(11-22)27-18(16(13)19(25)26-7-3)20-17(24)14-10-12(4)21-23(14)6-2/h10H,5-9,11H2,1-4H3,(H,20,24). The fourth-order valence-corrected chi connectivity index (χ4v) is 4.64. The second-order valence-corrected chi connectivity index (χ2v) is 7.59. The van der Waals surface area contributed by atoms with Gasteiger partial charge in [0, 0.05) is 24.5 Å². The highest BCUT2D eigenvalue weighted by atomic mass is 32.1. The minimum atomic E-state index is -0.365. The van der Waals surface area contributed by atoms with E-state index in [4.69, 9.17) is 4.74 Å². The molecular formula is C19H26N4O3S. The van der Waals surface area contributed by atoms with E-state index in [9.17, 15) is 9.59 Å². The van der Waals surface area contributed by atoms with Crippen LogP contribution in [-0.2, 0) is 24.2 Å². The summed E-state index contributed by atoms with van der Waals surface area (Å²) in [6.45, 7) is 11.3. The van der Waals surface area contributed by atoms with Gasteiger partial charge in [-0.3, -0.25) is 14.4 Å². The lowest BCUT2D eigenvalue weighted by Crippen LogP contribution is -2.30. The van der Waals surface area contributed by atoms with Crippen molar-refractivity contribution in [1.29, 1.82) is 0 Å². The van der Waals surface area contributed by atoms with Crippen molar-refractivity contribution in [3.63, 3.8) is 0 Å². The zero-order valence-corrected chi connectivity index (χ0v) is 17.1. The Hall–Kier alpha value is -2.19. The Morgan fingerprint density at radius 2 is 2.07 bits per heavy atom. The first-order valence-electron chi connectivity index (χ1n) is 9.38. The van der Waals surface area contributed by atoms with Gasteiger partial charge in [-0.15, -0.1) is 11.3 Å². The fraction of sp³-hybridized carbons (Fsp3) is 0.526. The van der Waals surface area contributed by atoms with Gasteiger partial charge in [0.2, 0.25) is 0 Å². The number of nitrogens with zero attached hydrogens (tertiary/aromatic N) is 3. The van der Waals surface area contributed by atoms with Crippen LogP contribution in [-0.4, -0.2) is 46.3 Å². The maximum Gasteiger partial charge on any atom is 0.341 e. The molecule has 1 amide bonds. The molecule has 0 saturated heterocycles. The van der Waals surface area contributed by atoms with Crippen molar-refractivity contribution >= 4 is 28.2 Å². The van der Waals surface area contributed by atoms with Crippen LogP contribution < -0.4 is 5.32 Å². The third-order valence-electron chi connectivity index (χ3n) is 4.72. The Morgan fingerprint density at radius 3 is 2.74 bits per heavy atom. The number of esters is 1. The van der Waals surface area contributed by atoms with Crippen LogP contribution in [0.3, 0.4) is 0 Å². The van der Waals surface area contributed by atoms with Crippen LogP contribution in [0.2, 0.25) is 0 Å². The summed E-state index contributed by atoms with van der Waals surface area (Å²) in [5, 5.41) is 7.84. The molecular weight excluding hydrogens is 364 g/mol. The van der Waals surface area contributed by atoms with Crippen LogP contribution in [0, 0.1) is 6.92 Å². The normalized spacial score (nSPS) is 14.1. The van der Waals surface area contributed by atoms with Crippen LogP contribution in [0.25, 0.3) is 0 Å². The summed E-state index contributed by atoms with van der Waals surface area (Å²) >= 11 is 1.47. The first kappa shape index (κ1) is 19.6. The second kappa shape index (κ2) is 8.22. The molecule has 146 valence electrons. The van der Waals surface area contributed by atoms with Gasteiger partial charge in [-0.2, -0.15) is 5.10 Å². The summed E-state index contributed by atoms with van der Waals surface area (Å²) in [5.41, 5.74) is 2.81. The van der Waals surface area contributed by atoms with Gasteiger partial charge >= 0.3 is 5.97 Å². The molecule has 0 aliphatic carbocycles. The molecule has 0 saturated carbocycles. The maximum absolute atomic E-state index is 12.8. The molecule has 3 rings (SSSR count). The van der Waals surface area contributed by atoms with Crippen molar-refractivity contribution in [2.45, 2.75) is 47.2 Å². The summed E-state index contributed by atoms with van der Waals surface area (Å²) in [4.78, 5) is 28.9. The number of carbonyl (C=O) groups is 2. The van der Waals surface area contributed by atoms with Crippen LogP contribution in [0.1, 0.15) is 57.8 Å². The van der Waals surface area contributed by atoms with Gasteiger partial charge < -0.3 is 10.1 Å². The number of ether oxygens (including phenoxy) is 1. The van der Waals surface area contributed by atoms with E-state index in [1.54, 1.807) is 17.7 Å². The monoisotopic (exact) mass is 390 g/mol. The lowest BCUT2D eigenvalue weighted by atomic mass is 10.0. The smallest absolute Gasteiger partial charge is 0.341 e. The number of aryl methyl sites for hydroxylation is 2. The Morgan fingerprint density at radius 1 is 1.30 bits per heavy atom. The van der Waals surface area contributed by atoms with E-state index in [-0.39, 0.29) is 11.9 Å². The average Bonchev–Trinajstić information content (AvgIpc) is 3.20. The number of amides is 1. The SMILES string of the molecule is CCOC(=O)c1c(NC(=O)c2cc(C)nn2CC)sc2c1CCN(CC)C2. The minimum Gasteiger partial charge on any atom is -0.462 e. The van der Waals surface area contributed by atoms with Gasteiger partial charge in [0.25, 0.3) is 5.91 Å². The van der Waals surface area contributed by atoms with E-state index < -0.39 is 0 Å². The lowest BCUT2D eigenvalue weighted by molar-refractivity contribution is 0.0526. The Bertz CT molecular complexity index is 856. The molecule has 0 atom stereocenters. The predicted molar refractivity (Wildman–Crippen MR) is 106 cm³/mol. The van der Waals surface area contributed by atoms with E-state index in [0.29, 0.717) is 29.4 Å². The molecule has 0 unspecified atom stereocenters. The highest BCUT2D eigenvalue weighted by molar-refractivity contribution is 7.17. The summed E-state index contributed by atoms with van der Waals surface area (Å²) in [6, 6.07) is 1.76. The molecule has 7 nitrogen and oxygen atoms in total. The fourth-order valence-electron chi connectivity index (χ4n) is 3.37. The summed E-state index contributed by atoms with van der Waals surface area (Å²) < 4.78 is 6.94. The van der Waals surface area contributed by atoms with Gasteiger partial charge in [-0.1, -0.05) is 6.92 Å². The van der Waals surface area contributed by atoms with Gasteiger partial charge in [0.15, 0.2) is 0 Å².